The van der Waals surface area contributed by atoms with Crippen molar-refractivity contribution >= 4 is 5.95 Å². The van der Waals surface area contributed by atoms with Gasteiger partial charge in [-0.05, 0) is 26.8 Å². The van der Waals surface area contributed by atoms with E-state index in [0.717, 1.165) is 25.9 Å². The zero-order valence-corrected chi connectivity index (χ0v) is 11.9. The van der Waals surface area contributed by atoms with Gasteiger partial charge < -0.3 is 19.7 Å². The van der Waals surface area contributed by atoms with Gasteiger partial charge in [-0.3, -0.25) is 0 Å². The van der Waals surface area contributed by atoms with Crippen LogP contribution in [0.15, 0.2) is 0 Å². The lowest BCUT2D eigenvalue weighted by Crippen LogP contribution is -2.50. The van der Waals surface area contributed by atoms with Crippen LogP contribution in [0, 0.1) is 0 Å². The Morgan fingerprint density at radius 3 is 2.00 bits per heavy atom. The maximum absolute atomic E-state index is 5.07. The molecular weight excluding hydrogens is 246 g/mol. The molecule has 1 aliphatic rings. The van der Waals surface area contributed by atoms with Crippen LogP contribution < -0.4 is 19.7 Å². The second-order valence-corrected chi connectivity index (χ2v) is 4.91. The Labute approximate surface area is 113 Å². The number of hydrogen-bond acceptors (Lipinski definition) is 7. The molecule has 1 fully saturated rings. The molecule has 0 saturated carbocycles. The Bertz CT molecular complexity index is 410. The SMILES string of the molecule is CNC1(C)CCN(c2nc(OC)nc(OC)n2)CC1. The zero-order valence-electron chi connectivity index (χ0n) is 11.9. The fourth-order valence-corrected chi connectivity index (χ4v) is 2.10. The van der Waals surface area contributed by atoms with Crippen molar-refractivity contribution in [2.45, 2.75) is 25.3 Å². The quantitative estimate of drug-likeness (QED) is 0.850. The average Bonchev–Trinajstić information content (AvgIpc) is 2.47. The van der Waals surface area contributed by atoms with Crippen molar-refractivity contribution in [2.75, 3.05) is 39.3 Å². The lowest BCUT2D eigenvalue weighted by molar-refractivity contribution is 0.300. The maximum atomic E-state index is 5.07. The van der Waals surface area contributed by atoms with Gasteiger partial charge in [-0.25, -0.2) is 0 Å². The van der Waals surface area contributed by atoms with E-state index in [2.05, 4.69) is 32.1 Å². The summed E-state index contributed by atoms with van der Waals surface area (Å²) in [6.45, 7) is 4.03. The molecule has 0 aromatic carbocycles. The predicted octanol–water partition coefficient (Wildman–Crippen LogP) is 0.467. The molecule has 0 radical (unpaired) electrons. The van der Waals surface area contributed by atoms with Crippen LogP contribution in [0.5, 0.6) is 12.0 Å². The lowest BCUT2D eigenvalue weighted by atomic mass is 9.90. The van der Waals surface area contributed by atoms with Crippen molar-refractivity contribution in [1.82, 2.24) is 20.3 Å². The number of aromatic nitrogens is 3. The Morgan fingerprint density at radius 2 is 1.58 bits per heavy atom. The highest BCUT2D eigenvalue weighted by molar-refractivity contribution is 5.33. The molecule has 0 spiro atoms. The molecule has 1 aromatic heterocycles. The normalized spacial score (nSPS) is 18.2. The molecule has 0 amide bonds. The zero-order chi connectivity index (χ0) is 13.9. The molecule has 1 aliphatic heterocycles. The number of rotatable bonds is 4. The van der Waals surface area contributed by atoms with E-state index in [1.54, 1.807) is 0 Å². The Kier molecular flexibility index (Phi) is 4.04. The van der Waals surface area contributed by atoms with Crippen LogP contribution in [0.2, 0.25) is 0 Å². The third-order valence-corrected chi connectivity index (χ3v) is 3.70. The minimum atomic E-state index is 0.192. The number of ether oxygens (including phenoxy) is 2. The molecule has 106 valence electrons. The topological polar surface area (TPSA) is 72.4 Å². The lowest BCUT2D eigenvalue weighted by Gasteiger charge is -2.39. The first-order valence-electron chi connectivity index (χ1n) is 6.38. The van der Waals surface area contributed by atoms with Crippen LogP contribution in [0.4, 0.5) is 5.95 Å². The van der Waals surface area contributed by atoms with Gasteiger partial charge in [-0.2, -0.15) is 9.97 Å². The molecule has 7 heteroatoms. The monoisotopic (exact) mass is 267 g/mol. The minimum absolute atomic E-state index is 0.192. The van der Waals surface area contributed by atoms with Crippen molar-refractivity contribution in [3.8, 4) is 12.0 Å². The molecule has 19 heavy (non-hydrogen) atoms. The molecule has 1 aromatic rings. The molecule has 0 unspecified atom stereocenters. The first-order valence-corrected chi connectivity index (χ1v) is 6.38. The van der Waals surface area contributed by atoms with Crippen molar-refractivity contribution in [1.29, 1.82) is 0 Å². The molecule has 0 atom stereocenters. The number of anilines is 1. The third kappa shape index (κ3) is 3.04. The van der Waals surface area contributed by atoms with Gasteiger partial charge in [0.15, 0.2) is 0 Å². The van der Waals surface area contributed by atoms with Crippen LogP contribution in [0.3, 0.4) is 0 Å². The minimum Gasteiger partial charge on any atom is -0.467 e. The fraction of sp³-hybridized carbons (Fsp3) is 0.750. The smallest absolute Gasteiger partial charge is 0.324 e. The summed E-state index contributed by atoms with van der Waals surface area (Å²) in [5.41, 5.74) is 0.192. The molecule has 0 bridgehead atoms. The van der Waals surface area contributed by atoms with E-state index in [1.165, 1.54) is 14.2 Å². The van der Waals surface area contributed by atoms with E-state index >= 15 is 0 Å². The van der Waals surface area contributed by atoms with Gasteiger partial charge in [0.2, 0.25) is 5.95 Å². The number of hydrogen-bond donors (Lipinski definition) is 1. The summed E-state index contributed by atoms with van der Waals surface area (Å²) in [4.78, 5) is 14.7. The Hall–Kier alpha value is -1.63. The summed E-state index contributed by atoms with van der Waals surface area (Å²) in [7, 11) is 5.07. The summed E-state index contributed by atoms with van der Waals surface area (Å²) < 4.78 is 10.1. The summed E-state index contributed by atoms with van der Waals surface area (Å²) in [5, 5.41) is 3.37. The van der Waals surface area contributed by atoms with Crippen LogP contribution in [-0.2, 0) is 0 Å². The highest BCUT2D eigenvalue weighted by atomic mass is 16.5. The van der Waals surface area contributed by atoms with Crippen molar-refractivity contribution < 1.29 is 9.47 Å². The number of nitrogens with zero attached hydrogens (tertiary/aromatic N) is 4. The molecule has 2 heterocycles. The summed E-state index contributed by atoms with van der Waals surface area (Å²) >= 11 is 0. The maximum Gasteiger partial charge on any atom is 0.324 e. The van der Waals surface area contributed by atoms with E-state index in [9.17, 15) is 0 Å². The number of nitrogens with one attached hydrogen (secondary N) is 1. The summed E-state index contributed by atoms with van der Waals surface area (Å²) in [6.07, 6.45) is 2.08. The highest BCUT2D eigenvalue weighted by Gasteiger charge is 2.29. The first kappa shape index (κ1) is 13.8. The van der Waals surface area contributed by atoms with Crippen molar-refractivity contribution in [2.24, 2.45) is 0 Å². The van der Waals surface area contributed by atoms with Crippen LogP contribution >= 0.6 is 0 Å². The van der Waals surface area contributed by atoms with Gasteiger partial charge >= 0.3 is 12.0 Å². The Morgan fingerprint density at radius 1 is 1.05 bits per heavy atom. The summed E-state index contributed by atoms with van der Waals surface area (Å²) in [6, 6.07) is 0.563. The van der Waals surface area contributed by atoms with Crippen molar-refractivity contribution in [3.63, 3.8) is 0 Å². The second kappa shape index (κ2) is 5.56. The van der Waals surface area contributed by atoms with Crippen molar-refractivity contribution in [3.05, 3.63) is 0 Å². The van der Waals surface area contributed by atoms with E-state index < -0.39 is 0 Å². The number of piperidine rings is 1. The van der Waals surface area contributed by atoms with Gasteiger partial charge in [0.05, 0.1) is 14.2 Å². The summed E-state index contributed by atoms with van der Waals surface area (Å²) in [5.74, 6) is 0.613. The van der Waals surface area contributed by atoms with Gasteiger partial charge in [0, 0.05) is 18.6 Å². The molecule has 7 nitrogen and oxygen atoms in total. The molecule has 2 rings (SSSR count). The standard InChI is InChI=1S/C12H21N5O2/c1-12(13-2)5-7-17(8-6-12)9-14-10(18-3)16-11(15-9)19-4/h13H,5-8H2,1-4H3. The van der Waals surface area contributed by atoms with E-state index in [4.69, 9.17) is 9.47 Å². The first-order chi connectivity index (χ1) is 9.10. The molecule has 0 aliphatic carbocycles. The van der Waals surface area contributed by atoms with Crippen LogP contribution in [-0.4, -0.2) is 54.8 Å². The van der Waals surface area contributed by atoms with Gasteiger partial charge in [-0.15, -0.1) is 4.98 Å². The second-order valence-electron chi connectivity index (χ2n) is 4.91. The van der Waals surface area contributed by atoms with Crippen LogP contribution in [0.1, 0.15) is 19.8 Å². The van der Waals surface area contributed by atoms with E-state index in [0.29, 0.717) is 5.95 Å². The van der Waals surface area contributed by atoms with E-state index in [1.807, 2.05) is 7.05 Å². The Balaban J connectivity index is 2.14. The highest BCUT2D eigenvalue weighted by Crippen LogP contribution is 2.25. The van der Waals surface area contributed by atoms with E-state index in [-0.39, 0.29) is 17.6 Å². The van der Waals surface area contributed by atoms with Gasteiger partial charge in [-0.1, -0.05) is 0 Å². The predicted molar refractivity (Wildman–Crippen MR) is 71.8 cm³/mol. The average molecular weight is 267 g/mol. The third-order valence-electron chi connectivity index (χ3n) is 3.70. The fourth-order valence-electron chi connectivity index (χ4n) is 2.10. The molecule has 1 saturated heterocycles. The molecule has 1 N–H and O–H groups in total. The van der Waals surface area contributed by atoms with Crippen LogP contribution in [0.25, 0.3) is 0 Å². The van der Waals surface area contributed by atoms with Gasteiger partial charge in [0.25, 0.3) is 0 Å². The number of methoxy groups -OCH3 is 2. The molecular formula is C12H21N5O2. The van der Waals surface area contributed by atoms with Gasteiger partial charge in [0.1, 0.15) is 0 Å². The largest absolute Gasteiger partial charge is 0.467 e.